The third kappa shape index (κ3) is 3.99. The third-order valence-electron chi connectivity index (χ3n) is 2.67. The molecule has 0 bridgehead atoms. The van der Waals surface area contributed by atoms with Crippen LogP contribution in [-0.2, 0) is 11.2 Å². The maximum Gasteiger partial charge on any atom is 0.121 e. The SMILES string of the molecule is CCNC(CCCOC)c1ccc(CC)o1. The smallest absolute Gasteiger partial charge is 0.121 e. The Morgan fingerprint density at radius 1 is 1.38 bits per heavy atom. The van der Waals surface area contributed by atoms with E-state index < -0.39 is 0 Å². The summed E-state index contributed by atoms with van der Waals surface area (Å²) >= 11 is 0. The van der Waals surface area contributed by atoms with Gasteiger partial charge in [-0.2, -0.15) is 0 Å². The minimum Gasteiger partial charge on any atom is -0.464 e. The molecular formula is C13H23NO2. The number of nitrogens with one attached hydrogen (secondary N) is 1. The molecule has 0 spiro atoms. The van der Waals surface area contributed by atoms with E-state index in [2.05, 4.69) is 31.3 Å². The van der Waals surface area contributed by atoms with Crippen molar-refractivity contribution >= 4 is 0 Å². The number of hydrogen-bond donors (Lipinski definition) is 1. The molecule has 0 radical (unpaired) electrons. The monoisotopic (exact) mass is 225 g/mol. The first kappa shape index (κ1) is 13.3. The standard InChI is InChI=1S/C13H23NO2/c1-4-11-8-9-13(16-11)12(14-5-2)7-6-10-15-3/h8-9,12,14H,4-7,10H2,1-3H3. The minimum atomic E-state index is 0.320. The van der Waals surface area contributed by atoms with Gasteiger partial charge in [0.05, 0.1) is 6.04 Å². The number of hydrogen-bond acceptors (Lipinski definition) is 3. The molecule has 1 aromatic heterocycles. The third-order valence-corrected chi connectivity index (χ3v) is 2.67. The van der Waals surface area contributed by atoms with Gasteiger partial charge in [0.2, 0.25) is 0 Å². The Kier molecular flexibility index (Phi) is 6.19. The lowest BCUT2D eigenvalue weighted by molar-refractivity contribution is 0.187. The van der Waals surface area contributed by atoms with E-state index in [9.17, 15) is 0 Å². The molecule has 0 aromatic carbocycles. The summed E-state index contributed by atoms with van der Waals surface area (Å²) < 4.78 is 10.8. The Labute approximate surface area is 98.2 Å². The molecule has 0 saturated carbocycles. The average molecular weight is 225 g/mol. The van der Waals surface area contributed by atoms with Gasteiger partial charge in [0, 0.05) is 20.1 Å². The van der Waals surface area contributed by atoms with Crippen LogP contribution in [0.2, 0.25) is 0 Å². The highest BCUT2D eigenvalue weighted by atomic mass is 16.5. The fourth-order valence-electron chi connectivity index (χ4n) is 1.79. The molecule has 1 aromatic rings. The number of aryl methyl sites for hydroxylation is 1. The number of furan rings is 1. The summed E-state index contributed by atoms with van der Waals surface area (Å²) in [5, 5.41) is 3.45. The molecule has 92 valence electrons. The Morgan fingerprint density at radius 2 is 2.19 bits per heavy atom. The van der Waals surface area contributed by atoms with E-state index in [4.69, 9.17) is 9.15 Å². The van der Waals surface area contributed by atoms with E-state index in [0.717, 1.165) is 43.9 Å². The highest BCUT2D eigenvalue weighted by molar-refractivity contribution is 5.10. The van der Waals surface area contributed by atoms with Crippen molar-refractivity contribution in [3.8, 4) is 0 Å². The van der Waals surface area contributed by atoms with Gasteiger partial charge in [0.25, 0.3) is 0 Å². The van der Waals surface area contributed by atoms with Crippen LogP contribution in [0.3, 0.4) is 0 Å². The van der Waals surface area contributed by atoms with Crippen LogP contribution in [0.5, 0.6) is 0 Å². The second-order valence-electron chi connectivity index (χ2n) is 3.90. The first-order valence-electron chi connectivity index (χ1n) is 6.12. The molecule has 1 unspecified atom stereocenters. The molecular weight excluding hydrogens is 202 g/mol. The van der Waals surface area contributed by atoms with Crippen LogP contribution in [0.1, 0.15) is 44.3 Å². The zero-order valence-corrected chi connectivity index (χ0v) is 10.6. The van der Waals surface area contributed by atoms with Crippen molar-refractivity contribution in [1.29, 1.82) is 0 Å². The topological polar surface area (TPSA) is 34.4 Å². The van der Waals surface area contributed by atoms with Crippen LogP contribution < -0.4 is 5.32 Å². The van der Waals surface area contributed by atoms with Gasteiger partial charge in [0.15, 0.2) is 0 Å². The van der Waals surface area contributed by atoms with Crippen molar-refractivity contribution in [2.24, 2.45) is 0 Å². The largest absolute Gasteiger partial charge is 0.464 e. The molecule has 0 aliphatic rings. The zero-order chi connectivity index (χ0) is 11.8. The van der Waals surface area contributed by atoms with Crippen molar-refractivity contribution < 1.29 is 9.15 Å². The summed E-state index contributed by atoms with van der Waals surface area (Å²) in [5.74, 6) is 2.11. The van der Waals surface area contributed by atoms with Gasteiger partial charge in [-0.3, -0.25) is 0 Å². The summed E-state index contributed by atoms with van der Waals surface area (Å²) in [6, 6.07) is 4.47. The second-order valence-corrected chi connectivity index (χ2v) is 3.90. The molecule has 3 heteroatoms. The first-order chi connectivity index (χ1) is 7.81. The molecule has 0 amide bonds. The first-order valence-corrected chi connectivity index (χ1v) is 6.12. The molecule has 1 atom stereocenters. The molecule has 1 rings (SSSR count). The quantitative estimate of drug-likeness (QED) is 0.691. The summed E-state index contributed by atoms with van der Waals surface area (Å²) in [6.45, 7) is 5.99. The maximum atomic E-state index is 5.77. The van der Waals surface area contributed by atoms with Gasteiger partial charge in [-0.15, -0.1) is 0 Å². The summed E-state index contributed by atoms with van der Waals surface area (Å²) in [6.07, 6.45) is 3.06. The van der Waals surface area contributed by atoms with E-state index in [1.165, 1.54) is 0 Å². The average Bonchev–Trinajstić information content (AvgIpc) is 2.76. The Balaban J connectivity index is 2.54. The van der Waals surface area contributed by atoms with Gasteiger partial charge in [-0.1, -0.05) is 13.8 Å². The molecule has 0 aliphatic heterocycles. The normalized spacial score (nSPS) is 12.9. The van der Waals surface area contributed by atoms with Crippen LogP contribution in [0.15, 0.2) is 16.5 Å². The van der Waals surface area contributed by atoms with Crippen LogP contribution in [-0.4, -0.2) is 20.3 Å². The Morgan fingerprint density at radius 3 is 2.75 bits per heavy atom. The second kappa shape index (κ2) is 7.47. The number of ether oxygens (including phenoxy) is 1. The highest BCUT2D eigenvalue weighted by Gasteiger charge is 2.13. The van der Waals surface area contributed by atoms with E-state index >= 15 is 0 Å². The van der Waals surface area contributed by atoms with Gasteiger partial charge in [-0.05, 0) is 31.5 Å². The van der Waals surface area contributed by atoms with Crippen molar-refractivity contribution in [2.45, 2.75) is 39.2 Å². The minimum absolute atomic E-state index is 0.320. The fraction of sp³-hybridized carbons (Fsp3) is 0.692. The van der Waals surface area contributed by atoms with Crippen LogP contribution in [0.25, 0.3) is 0 Å². The van der Waals surface area contributed by atoms with E-state index in [0.29, 0.717) is 6.04 Å². The molecule has 1 heterocycles. The van der Waals surface area contributed by atoms with E-state index in [1.807, 2.05) is 0 Å². The lowest BCUT2D eigenvalue weighted by Crippen LogP contribution is -2.20. The van der Waals surface area contributed by atoms with Crippen LogP contribution in [0.4, 0.5) is 0 Å². The van der Waals surface area contributed by atoms with Gasteiger partial charge >= 0.3 is 0 Å². The van der Waals surface area contributed by atoms with Crippen LogP contribution in [0, 0.1) is 0 Å². The Bertz CT molecular complexity index is 283. The lowest BCUT2D eigenvalue weighted by Gasteiger charge is -2.15. The van der Waals surface area contributed by atoms with Crippen molar-refractivity contribution in [1.82, 2.24) is 5.32 Å². The van der Waals surface area contributed by atoms with Gasteiger partial charge in [-0.25, -0.2) is 0 Å². The molecule has 16 heavy (non-hydrogen) atoms. The lowest BCUT2D eigenvalue weighted by atomic mass is 10.1. The number of methoxy groups -OCH3 is 1. The van der Waals surface area contributed by atoms with E-state index in [1.54, 1.807) is 7.11 Å². The van der Waals surface area contributed by atoms with Crippen LogP contribution >= 0.6 is 0 Å². The predicted octanol–water partition coefficient (Wildman–Crippen LogP) is 2.92. The summed E-state index contributed by atoms with van der Waals surface area (Å²) in [4.78, 5) is 0. The fourth-order valence-corrected chi connectivity index (χ4v) is 1.79. The van der Waals surface area contributed by atoms with Crippen molar-refractivity contribution in [2.75, 3.05) is 20.3 Å². The van der Waals surface area contributed by atoms with Gasteiger partial charge in [0.1, 0.15) is 11.5 Å². The van der Waals surface area contributed by atoms with Crippen molar-refractivity contribution in [3.05, 3.63) is 23.7 Å². The summed E-state index contributed by atoms with van der Waals surface area (Å²) in [7, 11) is 1.74. The summed E-state index contributed by atoms with van der Waals surface area (Å²) in [5.41, 5.74) is 0. The maximum absolute atomic E-state index is 5.77. The molecule has 0 saturated heterocycles. The molecule has 0 aliphatic carbocycles. The van der Waals surface area contributed by atoms with Gasteiger partial charge < -0.3 is 14.5 Å². The Hall–Kier alpha value is -0.800. The number of rotatable bonds is 8. The zero-order valence-electron chi connectivity index (χ0n) is 10.6. The van der Waals surface area contributed by atoms with E-state index in [-0.39, 0.29) is 0 Å². The molecule has 1 N–H and O–H groups in total. The highest BCUT2D eigenvalue weighted by Crippen LogP contribution is 2.21. The molecule has 0 fully saturated rings. The van der Waals surface area contributed by atoms with Crippen molar-refractivity contribution in [3.63, 3.8) is 0 Å². The molecule has 3 nitrogen and oxygen atoms in total. The predicted molar refractivity (Wildman–Crippen MR) is 65.6 cm³/mol.